The van der Waals surface area contributed by atoms with Crippen molar-refractivity contribution in [2.24, 2.45) is 5.73 Å². The van der Waals surface area contributed by atoms with Crippen LogP contribution in [-0.2, 0) is 4.79 Å². The first-order valence-electron chi connectivity index (χ1n) is 10.9. The molecule has 1 aromatic carbocycles. The van der Waals surface area contributed by atoms with Crippen molar-refractivity contribution in [1.82, 2.24) is 9.97 Å². The van der Waals surface area contributed by atoms with Crippen LogP contribution in [0, 0.1) is 17.8 Å². The molecule has 0 saturated carbocycles. The molecule has 36 heavy (non-hydrogen) atoms. The number of nitrogens with zero attached hydrogens (tertiary/aromatic N) is 3. The van der Waals surface area contributed by atoms with Gasteiger partial charge in [-0.1, -0.05) is 11.8 Å². The van der Waals surface area contributed by atoms with E-state index < -0.39 is 17.5 Å². The van der Waals surface area contributed by atoms with E-state index in [9.17, 15) is 19.1 Å². The quantitative estimate of drug-likeness (QED) is 0.425. The molecule has 10 heteroatoms. The molecular weight excluding hydrogens is 467 g/mol. The molecule has 0 saturated heterocycles. The van der Waals surface area contributed by atoms with Gasteiger partial charge in [0.25, 0.3) is 11.9 Å². The van der Waals surface area contributed by atoms with Gasteiger partial charge in [-0.15, -0.1) is 0 Å². The van der Waals surface area contributed by atoms with Crippen molar-refractivity contribution in [3.8, 4) is 29.1 Å². The molecular formula is C26H25FN4O5. The van der Waals surface area contributed by atoms with E-state index in [2.05, 4.69) is 21.8 Å². The van der Waals surface area contributed by atoms with Crippen molar-refractivity contribution in [2.75, 3.05) is 18.6 Å². The predicted molar refractivity (Wildman–Crippen MR) is 130 cm³/mol. The normalized spacial score (nSPS) is 12.6. The number of hydrogen-bond donors (Lipinski definition) is 2. The third-order valence-corrected chi connectivity index (χ3v) is 4.72. The molecule has 3 N–H and O–H groups in total. The predicted octanol–water partition coefficient (Wildman–Crippen LogP) is 3.06. The van der Waals surface area contributed by atoms with E-state index in [1.807, 2.05) is 6.07 Å². The van der Waals surface area contributed by atoms with Gasteiger partial charge in [0.2, 0.25) is 5.91 Å². The largest absolute Gasteiger partial charge is 0.491 e. The van der Waals surface area contributed by atoms with E-state index in [0.29, 0.717) is 24.5 Å². The Hall–Kier alpha value is -4.49. The first-order valence-corrected chi connectivity index (χ1v) is 10.9. The minimum Gasteiger partial charge on any atom is -0.491 e. The third-order valence-electron chi connectivity index (χ3n) is 4.72. The van der Waals surface area contributed by atoms with Crippen molar-refractivity contribution in [1.29, 1.82) is 0 Å². The van der Waals surface area contributed by atoms with Crippen LogP contribution in [0.25, 0.3) is 0 Å². The van der Waals surface area contributed by atoms with Gasteiger partial charge in [0.15, 0.2) is 5.75 Å². The van der Waals surface area contributed by atoms with Crippen LogP contribution in [0.1, 0.15) is 36.3 Å². The zero-order valence-electron chi connectivity index (χ0n) is 20.0. The number of carbonyl (C=O) groups excluding carboxylic acids is 2. The first kappa shape index (κ1) is 26.1. The summed E-state index contributed by atoms with van der Waals surface area (Å²) in [6, 6.07) is 11.2. The SMILES string of the molecule is CN1C(=O)CCOc2ccc(C#CC(C)(C)O)cc21.NC(=O)c1cc(Oc2cccnc2F)ccn1. The number of carbonyl (C=O) groups is 2. The number of anilines is 1. The third kappa shape index (κ3) is 7.25. The molecule has 0 aliphatic carbocycles. The lowest BCUT2D eigenvalue weighted by molar-refractivity contribution is -0.118. The molecule has 0 fully saturated rings. The number of hydrogen-bond acceptors (Lipinski definition) is 7. The van der Waals surface area contributed by atoms with Gasteiger partial charge >= 0.3 is 0 Å². The molecule has 1 aliphatic heterocycles. The number of aromatic nitrogens is 2. The second-order valence-corrected chi connectivity index (χ2v) is 8.18. The molecule has 0 unspecified atom stereocenters. The van der Waals surface area contributed by atoms with E-state index in [-0.39, 0.29) is 23.1 Å². The van der Waals surface area contributed by atoms with Gasteiger partial charge in [0.1, 0.15) is 22.8 Å². The summed E-state index contributed by atoms with van der Waals surface area (Å²) in [4.78, 5) is 31.4. The van der Waals surface area contributed by atoms with E-state index in [0.717, 1.165) is 5.56 Å². The van der Waals surface area contributed by atoms with Crippen LogP contribution >= 0.6 is 0 Å². The molecule has 0 atom stereocenters. The van der Waals surface area contributed by atoms with E-state index in [1.165, 1.54) is 36.7 Å². The maximum absolute atomic E-state index is 13.2. The summed E-state index contributed by atoms with van der Waals surface area (Å²) >= 11 is 0. The number of fused-ring (bicyclic) bond motifs is 1. The zero-order chi connectivity index (χ0) is 26.3. The molecule has 1 aliphatic rings. The van der Waals surface area contributed by atoms with Gasteiger partial charge in [0.05, 0.1) is 18.7 Å². The highest BCUT2D eigenvalue weighted by atomic mass is 19.1. The number of nitrogens with two attached hydrogens (primary N) is 1. The Balaban J connectivity index is 0.000000202. The van der Waals surface area contributed by atoms with Crippen molar-refractivity contribution in [3.63, 3.8) is 0 Å². The smallest absolute Gasteiger partial charge is 0.267 e. The average Bonchev–Trinajstić information content (AvgIpc) is 2.97. The van der Waals surface area contributed by atoms with E-state index in [1.54, 1.807) is 37.9 Å². The molecule has 9 nitrogen and oxygen atoms in total. The minimum absolute atomic E-state index is 0.0198. The second-order valence-electron chi connectivity index (χ2n) is 8.18. The monoisotopic (exact) mass is 492 g/mol. The van der Waals surface area contributed by atoms with Gasteiger partial charge in [0, 0.05) is 31.1 Å². The Morgan fingerprint density at radius 2 is 2.00 bits per heavy atom. The molecule has 3 aromatic rings. The maximum atomic E-state index is 13.2. The molecule has 186 valence electrons. The number of rotatable bonds is 3. The Bertz CT molecular complexity index is 1330. The standard InChI is InChI=1S/C15H17NO3.C11H8FN3O2/c1-15(2,18)8-6-11-4-5-13-12(10-11)16(3)14(17)7-9-19-13;12-10-9(2-1-4-15-10)17-7-3-5-14-8(6-7)11(13)16/h4-5,10,18H,7,9H2,1-3H3;1-6H,(H2,13,16). The van der Waals surface area contributed by atoms with Crippen molar-refractivity contribution < 1.29 is 28.6 Å². The Labute approximate surface area is 207 Å². The van der Waals surface area contributed by atoms with E-state index >= 15 is 0 Å². The fourth-order valence-corrected chi connectivity index (χ4v) is 2.94. The fraction of sp³-hybridized carbons (Fsp3) is 0.231. The average molecular weight is 493 g/mol. The summed E-state index contributed by atoms with van der Waals surface area (Å²) in [5.74, 6) is 5.17. The molecule has 0 spiro atoms. The van der Waals surface area contributed by atoms with Gasteiger partial charge in [-0.25, -0.2) is 4.98 Å². The van der Waals surface area contributed by atoms with Crippen LogP contribution in [0.3, 0.4) is 0 Å². The zero-order valence-corrected chi connectivity index (χ0v) is 20.0. The number of benzene rings is 1. The summed E-state index contributed by atoms with van der Waals surface area (Å²) in [6.45, 7) is 3.65. The Morgan fingerprint density at radius 3 is 2.69 bits per heavy atom. The van der Waals surface area contributed by atoms with Crippen LogP contribution in [0.4, 0.5) is 10.1 Å². The fourth-order valence-electron chi connectivity index (χ4n) is 2.94. The number of primary amides is 1. The van der Waals surface area contributed by atoms with Crippen LogP contribution in [0.15, 0.2) is 54.9 Å². The highest BCUT2D eigenvalue weighted by molar-refractivity contribution is 5.95. The van der Waals surface area contributed by atoms with E-state index in [4.69, 9.17) is 15.2 Å². The van der Waals surface area contributed by atoms with Crippen molar-refractivity contribution >= 4 is 17.5 Å². The lowest BCUT2D eigenvalue weighted by Gasteiger charge is -2.16. The number of halogens is 1. The lowest BCUT2D eigenvalue weighted by Crippen LogP contribution is -2.25. The maximum Gasteiger partial charge on any atom is 0.267 e. The summed E-state index contributed by atoms with van der Waals surface area (Å²) in [5.41, 5.74) is 5.53. The summed E-state index contributed by atoms with van der Waals surface area (Å²) in [6.07, 6.45) is 3.03. The summed E-state index contributed by atoms with van der Waals surface area (Å²) in [7, 11) is 1.73. The highest BCUT2D eigenvalue weighted by Crippen LogP contribution is 2.31. The molecule has 0 radical (unpaired) electrons. The molecule has 0 bridgehead atoms. The van der Waals surface area contributed by atoms with Crippen LogP contribution in [0.2, 0.25) is 0 Å². The van der Waals surface area contributed by atoms with Crippen molar-refractivity contribution in [2.45, 2.75) is 25.9 Å². The Kier molecular flexibility index (Phi) is 8.19. The summed E-state index contributed by atoms with van der Waals surface area (Å²) < 4.78 is 23.9. The first-order chi connectivity index (χ1) is 17.0. The molecule has 4 rings (SSSR count). The molecule has 2 aromatic heterocycles. The van der Waals surface area contributed by atoms with Crippen LogP contribution in [-0.4, -0.2) is 46.1 Å². The van der Waals surface area contributed by atoms with Gasteiger partial charge in [-0.2, -0.15) is 4.39 Å². The van der Waals surface area contributed by atoms with Crippen molar-refractivity contribution in [3.05, 3.63) is 72.1 Å². The van der Waals surface area contributed by atoms with Gasteiger partial charge in [-0.05, 0) is 50.2 Å². The lowest BCUT2D eigenvalue weighted by atomic mass is 10.1. The number of aliphatic hydroxyl groups is 1. The number of ether oxygens (including phenoxy) is 2. The van der Waals surface area contributed by atoms with Crippen LogP contribution < -0.4 is 20.1 Å². The molecule has 2 amide bonds. The highest BCUT2D eigenvalue weighted by Gasteiger charge is 2.20. The molecule has 3 heterocycles. The number of amides is 2. The second kappa shape index (κ2) is 11.3. The van der Waals surface area contributed by atoms with Crippen LogP contribution in [0.5, 0.6) is 17.2 Å². The number of pyridine rings is 2. The van der Waals surface area contributed by atoms with Gasteiger partial charge in [-0.3, -0.25) is 14.6 Å². The topological polar surface area (TPSA) is 128 Å². The Morgan fingerprint density at radius 1 is 1.22 bits per heavy atom. The summed E-state index contributed by atoms with van der Waals surface area (Å²) in [5, 5.41) is 9.59. The minimum atomic E-state index is -1.04. The van der Waals surface area contributed by atoms with Gasteiger partial charge < -0.3 is 25.2 Å².